The monoisotopic (exact) mass is 410 g/mol. The van der Waals surface area contributed by atoms with Crippen LogP contribution in [-0.2, 0) is 11.2 Å². The van der Waals surface area contributed by atoms with E-state index in [1.54, 1.807) is 0 Å². The molecule has 5 rings (SSSR count). The highest BCUT2D eigenvalue weighted by atomic mass is 16.2. The van der Waals surface area contributed by atoms with Crippen LogP contribution < -0.4 is 4.90 Å². The number of nitrogens with zero attached hydrogens (tertiary/aromatic N) is 2. The maximum Gasteiger partial charge on any atom is 0.232 e. The number of carbonyl (C=O) groups is 1. The summed E-state index contributed by atoms with van der Waals surface area (Å²) in [5, 5.41) is 0. The van der Waals surface area contributed by atoms with Gasteiger partial charge in [-0.2, -0.15) is 0 Å². The van der Waals surface area contributed by atoms with Crippen LogP contribution in [0.1, 0.15) is 47.1 Å². The molecule has 0 bridgehead atoms. The average molecular weight is 411 g/mol. The first-order chi connectivity index (χ1) is 15.2. The molecular formula is C28H30N2O. The summed E-state index contributed by atoms with van der Waals surface area (Å²) in [6, 6.07) is 27.9. The van der Waals surface area contributed by atoms with Crippen molar-refractivity contribution in [3.63, 3.8) is 0 Å². The van der Waals surface area contributed by atoms with Crippen molar-refractivity contribution in [2.75, 3.05) is 24.5 Å². The third-order valence-electron chi connectivity index (χ3n) is 6.86. The van der Waals surface area contributed by atoms with Crippen LogP contribution in [0.3, 0.4) is 0 Å². The van der Waals surface area contributed by atoms with Crippen molar-refractivity contribution in [2.45, 2.75) is 38.1 Å². The average Bonchev–Trinajstić information content (AvgIpc) is 3.36. The molecule has 2 atom stereocenters. The fourth-order valence-corrected chi connectivity index (χ4v) is 5.23. The zero-order valence-corrected chi connectivity index (χ0v) is 18.2. The molecule has 3 nitrogen and oxygen atoms in total. The summed E-state index contributed by atoms with van der Waals surface area (Å²) < 4.78 is 0. The van der Waals surface area contributed by atoms with E-state index in [9.17, 15) is 4.79 Å². The fraction of sp³-hybridized carbons (Fsp3) is 0.321. The largest absolute Gasteiger partial charge is 0.363 e. The highest BCUT2D eigenvalue weighted by Gasteiger charge is 2.40. The van der Waals surface area contributed by atoms with Crippen LogP contribution in [0.2, 0.25) is 0 Å². The van der Waals surface area contributed by atoms with Gasteiger partial charge in [-0.15, -0.1) is 0 Å². The molecule has 0 radical (unpaired) electrons. The molecule has 3 aromatic carbocycles. The standard InChI is InChI=1S/C28H30N2O/c1-21-13-15-23(16-14-21)26(28(31)29-18-7-8-19-29)27-25-12-6-5-9-22(25)17-20-30(27)24-10-3-2-4-11-24/h2-6,9-16,26-27H,7-8,17-20H2,1H3/t26-,27-/m1/s1. The minimum atomic E-state index is -0.222. The van der Waals surface area contributed by atoms with Crippen molar-refractivity contribution in [2.24, 2.45) is 0 Å². The molecule has 0 aromatic heterocycles. The minimum Gasteiger partial charge on any atom is -0.363 e. The molecule has 0 spiro atoms. The van der Waals surface area contributed by atoms with Crippen LogP contribution in [-0.4, -0.2) is 30.4 Å². The van der Waals surface area contributed by atoms with Crippen molar-refractivity contribution in [3.05, 3.63) is 101 Å². The number of carbonyl (C=O) groups excluding carboxylic acids is 1. The van der Waals surface area contributed by atoms with Crippen molar-refractivity contribution < 1.29 is 4.79 Å². The van der Waals surface area contributed by atoms with E-state index in [1.165, 1.54) is 22.4 Å². The first-order valence-corrected chi connectivity index (χ1v) is 11.5. The molecule has 1 amide bonds. The quantitative estimate of drug-likeness (QED) is 0.567. The van der Waals surface area contributed by atoms with E-state index in [0.29, 0.717) is 0 Å². The summed E-state index contributed by atoms with van der Waals surface area (Å²) in [5.74, 6) is 0.0457. The normalized spacial score (nSPS) is 19.2. The Balaban J connectivity index is 1.66. The summed E-state index contributed by atoms with van der Waals surface area (Å²) in [6.07, 6.45) is 3.21. The Morgan fingerprint density at radius 3 is 2.26 bits per heavy atom. The molecule has 2 aliphatic heterocycles. The molecule has 3 aromatic rings. The van der Waals surface area contributed by atoms with Gasteiger partial charge in [0.1, 0.15) is 0 Å². The highest BCUT2D eigenvalue weighted by molar-refractivity contribution is 5.86. The molecule has 0 aliphatic carbocycles. The van der Waals surface area contributed by atoms with Gasteiger partial charge in [-0.3, -0.25) is 4.79 Å². The lowest BCUT2D eigenvalue weighted by Gasteiger charge is -2.43. The summed E-state index contributed by atoms with van der Waals surface area (Å²) in [4.78, 5) is 18.6. The highest BCUT2D eigenvalue weighted by Crippen LogP contribution is 2.44. The van der Waals surface area contributed by atoms with Gasteiger partial charge < -0.3 is 9.80 Å². The number of amides is 1. The molecule has 0 unspecified atom stereocenters. The second kappa shape index (κ2) is 8.58. The Morgan fingerprint density at radius 2 is 1.52 bits per heavy atom. The number of rotatable bonds is 4. The lowest BCUT2D eigenvalue weighted by Crippen LogP contribution is -2.44. The molecule has 2 heterocycles. The van der Waals surface area contributed by atoms with Crippen molar-refractivity contribution >= 4 is 11.6 Å². The van der Waals surface area contributed by atoms with E-state index >= 15 is 0 Å². The SMILES string of the molecule is Cc1ccc([C@@H](C(=O)N2CCCC2)[C@H]2c3ccccc3CCN2c2ccccc2)cc1. The fourth-order valence-electron chi connectivity index (χ4n) is 5.23. The number of aryl methyl sites for hydroxylation is 1. The predicted molar refractivity (Wildman–Crippen MR) is 126 cm³/mol. The van der Waals surface area contributed by atoms with Crippen molar-refractivity contribution in [1.29, 1.82) is 0 Å². The molecule has 0 N–H and O–H groups in total. The zero-order chi connectivity index (χ0) is 21.2. The molecule has 3 heteroatoms. The zero-order valence-electron chi connectivity index (χ0n) is 18.2. The number of para-hydroxylation sites is 1. The summed E-state index contributed by atoms with van der Waals surface area (Å²) in [6.45, 7) is 4.77. The van der Waals surface area contributed by atoms with Crippen LogP contribution in [0.4, 0.5) is 5.69 Å². The minimum absolute atomic E-state index is 0.0110. The first-order valence-electron chi connectivity index (χ1n) is 11.5. The van der Waals surface area contributed by atoms with Gasteiger partial charge in [0, 0.05) is 25.3 Å². The van der Waals surface area contributed by atoms with Gasteiger partial charge in [0.2, 0.25) is 5.91 Å². The Kier molecular flexibility index (Phi) is 5.50. The number of hydrogen-bond donors (Lipinski definition) is 0. The predicted octanol–water partition coefficient (Wildman–Crippen LogP) is 5.51. The topological polar surface area (TPSA) is 23.6 Å². The van der Waals surface area contributed by atoms with E-state index in [0.717, 1.165) is 44.5 Å². The third kappa shape index (κ3) is 3.85. The van der Waals surface area contributed by atoms with Crippen molar-refractivity contribution in [1.82, 2.24) is 4.90 Å². The van der Waals surface area contributed by atoms with Gasteiger partial charge in [-0.25, -0.2) is 0 Å². The van der Waals surface area contributed by atoms with Crippen LogP contribution in [0, 0.1) is 6.92 Å². The third-order valence-corrected chi connectivity index (χ3v) is 6.86. The van der Waals surface area contributed by atoms with E-state index in [-0.39, 0.29) is 17.9 Å². The molecular weight excluding hydrogens is 380 g/mol. The van der Waals surface area contributed by atoms with E-state index in [4.69, 9.17) is 0 Å². The van der Waals surface area contributed by atoms with Gasteiger partial charge >= 0.3 is 0 Å². The Hall–Kier alpha value is -3.07. The Bertz CT molecular complexity index is 1040. The maximum atomic E-state index is 14.0. The second-order valence-electron chi connectivity index (χ2n) is 8.84. The van der Waals surface area contributed by atoms with Gasteiger partial charge in [-0.05, 0) is 55.0 Å². The summed E-state index contributed by atoms with van der Waals surface area (Å²) >= 11 is 0. The lowest BCUT2D eigenvalue weighted by atomic mass is 9.80. The van der Waals surface area contributed by atoms with Gasteiger partial charge in [0.15, 0.2) is 0 Å². The van der Waals surface area contributed by atoms with Crippen molar-refractivity contribution in [3.8, 4) is 0 Å². The molecule has 158 valence electrons. The van der Waals surface area contributed by atoms with Crippen LogP contribution in [0.5, 0.6) is 0 Å². The number of benzene rings is 3. The summed E-state index contributed by atoms with van der Waals surface area (Å²) in [7, 11) is 0. The molecule has 31 heavy (non-hydrogen) atoms. The van der Waals surface area contributed by atoms with Gasteiger partial charge in [0.05, 0.1) is 12.0 Å². The molecule has 2 aliphatic rings. The second-order valence-corrected chi connectivity index (χ2v) is 8.84. The number of hydrogen-bond acceptors (Lipinski definition) is 2. The van der Waals surface area contributed by atoms with Crippen LogP contribution in [0.25, 0.3) is 0 Å². The first kappa shape index (κ1) is 19.9. The van der Waals surface area contributed by atoms with Gasteiger partial charge in [-0.1, -0.05) is 72.3 Å². The number of anilines is 1. The smallest absolute Gasteiger partial charge is 0.232 e. The van der Waals surface area contributed by atoms with Crippen LogP contribution in [0.15, 0.2) is 78.9 Å². The Labute approximate surface area is 185 Å². The lowest BCUT2D eigenvalue weighted by molar-refractivity contribution is -0.132. The van der Waals surface area contributed by atoms with Gasteiger partial charge in [0.25, 0.3) is 0 Å². The maximum absolute atomic E-state index is 14.0. The van der Waals surface area contributed by atoms with E-state index in [1.807, 2.05) is 0 Å². The summed E-state index contributed by atoms with van der Waals surface area (Å²) in [5.41, 5.74) is 6.18. The van der Waals surface area contributed by atoms with E-state index in [2.05, 4.69) is 95.6 Å². The molecule has 1 fully saturated rings. The van der Waals surface area contributed by atoms with Crippen LogP contribution >= 0.6 is 0 Å². The Morgan fingerprint density at radius 1 is 0.839 bits per heavy atom. The molecule has 0 saturated carbocycles. The molecule has 1 saturated heterocycles. The van der Waals surface area contributed by atoms with E-state index < -0.39 is 0 Å². The number of fused-ring (bicyclic) bond motifs is 1. The number of likely N-dealkylation sites (tertiary alicyclic amines) is 1.